The van der Waals surface area contributed by atoms with Gasteiger partial charge in [-0.15, -0.1) is 0 Å². The van der Waals surface area contributed by atoms with Crippen LogP contribution in [0.3, 0.4) is 0 Å². The summed E-state index contributed by atoms with van der Waals surface area (Å²) in [4.78, 5) is 32.4. The Morgan fingerprint density at radius 1 is 1.38 bits per heavy atom. The van der Waals surface area contributed by atoms with Crippen LogP contribution in [0.5, 0.6) is 0 Å². The third-order valence-electron chi connectivity index (χ3n) is 2.66. The van der Waals surface area contributed by atoms with Crippen molar-refractivity contribution in [2.24, 2.45) is 5.92 Å². The van der Waals surface area contributed by atoms with E-state index in [1.165, 1.54) is 19.1 Å². The number of ketones is 1. The van der Waals surface area contributed by atoms with E-state index in [2.05, 4.69) is 4.74 Å². The Morgan fingerprint density at radius 2 is 1.95 bits per heavy atom. The molecule has 0 fully saturated rings. The first-order valence-electron chi connectivity index (χ1n) is 6.38. The Kier molecular flexibility index (Phi) is 7.81. The maximum absolute atomic E-state index is 13.8. The van der Waals surface area contributed by atoms with Crippen molar-refractivity contribution in [3.05, 3.63) is 39.7 Å². The number of nitrogens with zero attached hydrogens (tertiary/aromatic N) is 1. The van der Waals surface area contributed by atoms with Crippen LogP contribution in [0.4, 0.5) is 10.1 Å². The molecule has 1 unspecified atom stereocenters. The fourth-order valence-corrected chi connectivity index (χ4v) is 1.62. The number of esters is 1. The lowest BCUT2D eigenvalue weighted by Crippen LogP contribution is -2.26. The molecule has 1 aromatic rings. The average molecular weight is 299 g/mol. The minimum atomic E-state index is -1.17. The number of nitro benzene ring substituents is 1. The Hall–Kier alpha value is -2.31. The summed E-state index contributed by atoms with van der Waals surface area (Å²) in [5, 5.41) is 10.6. The van der Waals surface area contributed by atoms with Crippen molar-refractivity contribution in [2.75, 3.05) is 7.11 Å². The molecule has 21 heavy (non-hydrogen) atoms. The van der Waals surface area contributed by atoms with Gasteiger partial charge in [0.25, 0.3) is 0 Å². The monoisotopic (exact) mass is 299 g/mol. The second kappa shape index (κ2) is 8.78. The van der Waals surface area contributed by atoms with E-state index in [-0.39, 0.29) is 12.0 Å². The molecule has 0 radical (unpaired) electrons. The first kappa shape index (κ1) is 18.7. The minimum Gasteiger partial charge on any atom is -0.468 e. The van der Waals surface area contributed by atoms with Crippen LogP contribution in [-0.4, -0.2) is 23.8 Å². The van der Waals surface area contributed by atoms with Gasteiger partial charge in [-0.2, -0.15) is 4.39 Å². The van der Waals surface area contributed by atoms with Gasteiger partial charge in [0.2, 0.25) is 5.82 Å². The molecule has 0 saturated carbocycles. The SMILES string of the molecule is CC.COC(=O)C(Cc1cccc([N+](=O)[O-])c1F)C(C)=O. The van der Waals surface area contributed by atoms with Crippen LogP contribution >= 0.6 is 0 Å². The highest BCUT2D eigenvalue weighted by molar-refractivity contribution is 5.97. The standard InChI is InChI=1S/C12H12FNO5.C2H6/c1-7(15)9(12(16)19-2)6-8-4-3-5-10(11(8)13)14(17)18;1-2/h3-5,9H,6H2,1-2H3;1-2H3. The van der Waals surface area contributed by atoms with Gasteiger partial charge in [0.05, 0.1) is 12.0 Å². The van der Waals surface area contributed by atoms with Crippen molar-refractivity contribution in [1.82, 2.24) is 0 Å². The van der Waals surface area contributed by atoms with Crippen molar-refractivity contribution >= 4 is 17.4 Å². The lowest BCUT2D eigenvalue weighted by atomic mass is 9.95. The third-order valence-corrected chi connectivity index (χ3v) is 2.66. The molecule has 7 heteroatoms. The quantitative estimate of drug-likeness (QED) is 0.361. The maximum Gasteiger partial charge on any atom is 0.316 e. The van der Waals surface area contributed by atoms with E-state index in [0.717, 1.165) is 13.2 Å². The summed E-state index contributed by atoms with van der Waals surface area (Å²) in [5.41, 5.74) is -0.760. The number of benzene rings is 1. The van der Waals surface area contributed by atoms with E-state index in [0.29, 0.717) is 0 Å². The fraction of sp³-hybridized carbons (Fsp3) is 0.429. The van der Waals surface area contributed by atoms with Crippen molar-refractivity contribution in [1.29, 1.82) is 0 Å². The number of Topliss-reactive ketones (excluding diaryl/α,β-unsaturated/α-hetero) is 1. The van der Waals surface area contributed by atoms with E-state index in [4.69, 9.17) is 0 Å². The minimum absolute atomic E-state index is 0.0696. The zero-order valence-corrected chi connectivity index (χ0v) is 12.4. The summed E-state index contributed by atoms with van der Waals surface area (Å²) in [7, 11) is 1.11. The summed E-state index contributed by atoms with van der Waals surface area (Å²) in [6, 6.07) is 3.60. The largest absolute Gasteiger partial charge is 0.468 e. The van der Waals surface area contributed by atoms with E-state index in [9.17, 15) is 24.1 Å². The summed E-state index contributed by atoms with van der Waals surface area (Å²) >= 11 is 0. The van der Waals surface area contributed by atoms with Crippen molar-refractivity contribution < 1.29 is 23.6 Å². The van der Waals surface area contributed by atoms with Gasteiger partial charge in [0.1, 0.15) is 11.7 Å². The molecule has 116 valence electrons. The number of hydrogen-bond acceptors (Lipinski definition) is 5. The molecule has 1 atom stereocenters. The molecular formula is C14H18FNO5. The summed E-state index contributed by atoms with van der Waals surface area (Å²) < 4.78 is 18.3. The molecule has 1 rings (SSSR count). The zero-order valence-electron chi connectivity index (χ0n) is 12.4. The average Bonchev–Trinajstić information content (AvgIpc) is 2.46. The van der Waals surface area contributed by atoms with Crippen LogP contribution in [0.15, 0.2) is 18.2 Å². The van der Waals surface area contributed by atoms with E-state index in [1.807, 2.05) is 13.8 Å². The van der Waals surface area contributed by atoms with Gasteiger partial charge < -0.3 is 4.74 Å². The highest BCUT2D eigenvalue weighted by Gasteiger charge is 2.27. The lowest BCUT2D eigenvalue weighted by Gasteiger charge is -2.11. The topological polar surface area (TPSA) is 86.5 Å². The van der Waals surface area contributed by atoms with Crippen LogP contribution in [0.25, 0.3) is 0 Å². The number of ether oxygens (including phenoxy) is 1. The predicted octanol–water partition coefficient (Wildman–Crippen LogP) is 2.68. The number of carbonyl (C=O) groups excluding carboxylic acids is 2. The summed E-state index contributed by atoms with van der Waals surface area (Å²) in [5.74, 6) is -3.49. The molecule has 0 spiro atoms. The fourth-order valence-electron chi connectivity index (χ4n) is 1.62. The molecule has 0 bridgehead atoms. The molecular weight excluding hydrogens is 281 g/mol. The van der Waals surface area contributed by atoms with Gasteiger partial charge in [-0.25, -0.2) is 0 Å². The highest BCUT2D eigenvalue weighted by atomic mass is 19.1. The third kappa shape index (κ3) is 4.94. The number of rotatable bonds is 5. The number of hydrogen-bond donors (Lipinski definition) is 0. The van der Waals surface area contributed by atoms with Crippen molar-refractivity contribution in [3.8, 4) is 0 Å². The van der Waals surface area contributed by atoms with Crippen molar-refractivity contribution in [3.63, 3.8) is 0 Å². The molecule has 0 saturated heterocycles. The number of carbonyl (C=O) groups is 2. The Labute approximate surface area is 122 Å². The summed E-state index contributed by atoms with van der Waals surface area (Å²) in [6.07, 6.45) is -0.268. The highest BCUT2D eigenvalue weighted by Crippen LogP contribution is 2.23. The van der Waals surface area contributed by atoms with Crippen molar-refractivity contribution in [2.45, 2.75) is 27.2 Å². The Balaban J connectivity index is 0.00000191. The maximum atomic E-state index is 13.8. The van der Waals surface area contributed by atoms with Crippen LogP contribution in [0.1, 0.15) is 26.3 Å². The molecule has 0 aliphatic carbocycles. The van der Waals surface area contributed by atoms with Crippen LogP contribution in [0.2, 0.25) is 0 Å². The van der Waals surface area contributed by atoms with Crippen LogP contribution in [-0.2, 0) is 20.7 Å². The van der Waals surface area contributed by atoms with Gasteiger partial charge in [-0.1, -0.05) is 26.0 Å². The number of nitro groups is 1. The van der Waals surface area contributed by atoms with Gasteiger partial charge in [0.15, 0.2) is 0 Å². The van der Waals surface area contributed by atoms with E-state index in [1.54, 1.807) is 0 Å². The van der Waals surface area contributed by atoms with E-state index < -0.39 is 34.1 Å². The predicted molar refractivity (Wildman–Crippen MR) is 74.3 cm³/mol. The second-order valence-electron chi connectivity index (χ2n) is 3.90. The molecule has 0 aliphatic rings. The molecule has 0 aromatic heterocycles. The first-order valence-corrected chi connectivity index (χ1v) is 6.38. The van der Waals surface area contributed by atoms with Gasteiger partial charge in [0, 0.05) is 6.07 Å². The van der Waals surface area contributed by atoms with E-state index >= 15 is 0 Å². The molecule has 6 nitrogen and oxygen atoms in total. The number of halogens is 1. The molecule has 1 aromatic carbocycles. The van der Waals surface area contributed by atoms with Crippen LogP contribution < -0.4 is 0 Å². The molecule has 0 N–H and O–H groups in total. The van der Waals surface area contributed by atoms with Gasteiger partial charge >= 0.3 is 11.7 Å². The molecule has 0 heterocycles. The van der Waals surface area contributed by atoms with Gasteiger partial charge in [-0.05, 0) is 18.9 Å². The molecule has 0 amide bonds. The number of methoxy groups -OCH3 is 1. The molecule has 0 aliphatic heterocycles. The Morgan fingerprint density at radius 3 is 2.38 bits per heavy atom. The normalized spacial score (nSPS) is 10.9. The smallest absolute Gasteiger partial charge is 0.316 e. The first-order chi connectivity index (χ1) is 9.88. The summed E-state index contributed by atoms with van der Waals surface area (Å²) in [6.45, 7) is 5.18. The van der Waals surface area contributed by atoms with Crippen LogP contribution in [0, 0.1) is 21.8 Å². The lowest BCUT2D eigenvalue weighted by molar-refractivity contribution is -0.387. The zero-order chi connectivity index (χ0) is 16.6. The van der Waals surface area contributed by atoms with Gasteiger partial charge in [-0.3, -0.25) is 19.7 Å². The second-order valence-corrected chi connectivity index (χ2v) is 3.90. The Bertz CT molecular complexity index is 530.